The lowest BCUT2D eigenvalue weighted by Crippen LogP contribution is -2.26. The zero-order chi connectivity index (χ0) is 13.8. The third-order valence-electron chi connectivity index (χ3n) is 4.13. The van der Waals surface area contributed by atoms with Crippen molar-refractivity contribution in [3.8, 4) is 0 Å². The number of halogens is 1. The molecule has 1 aliphatic carbocycles. The topological polar surface area (TPSA) is 51.8 Å². The fourth-order valence-electron chi connectivity index (χ4n) is 2.92. The van der Waals surface area contributed by atoms with Gasteiger partial charge in [-0.2, -0.15) is 0 Å². The second kappa shape index (κ2) is 4.32. The third kappa shape index (κ3) is 2.21. The van der Waals surface area contributed by atoms with Gasteiger partial charge in [0.25, 0.3) is 0 Å². The van der Waals surface area contributed by atoms with Crippen molar-refractivity contribution < 1.29 is 0 Å². The number of nitrogen functional groups attached to an aromatic ring is 1. The van der Waals surface area contributed by atoms with Gasteiger partial charge in [0.15, 0.2) is 0 Å². The Labute approximate surface area is 122 Å². The number of rotatable bonds is 0. The van der Waals surface area contributed by atoms with Crippen LogP contribution in [0.1, 0.15) is 37.6 Å². The van der Waals surface area contributed by atoms with E-state index in [1.807, 2.05) is 0 Å². The molecule has 0 amide bonds. The van der Waals surface area contributed by atoms with Crippen LogP contribution in [0.15, 0.2) is 0 Å². The second-order valence-corrected chi connectivity index (χ2v) is 7.79. The van der Waals surface area contributed by atoms with Gasteiger partial charge in [-0.3, -0.25) is 0 Å². The van der Waals surface area contributed by atoms with Gasteiger partial charge < -0.3 is 5.73 Å². The maximum absolute atomic E-state index is 6.02. The number of thiophene rings is 1. The first-order valence-electron chi connectivity index (χ1n) is 6.59. The average molecular weight is 296 g/mol. The Balaban J connectivity index is 2.10. The van der Waals surface area contributed by atoms with Crippen molar-refractivity contribution >= 4 is 39.0 Å². The smallest absolute Gasteiger partial charge is 0.225 e. The summed E-state index contributed by atoms with van der Waals surface area (Å²) in [5, 5.41) is 1.28. The van der Waals surface area contributed by atoms with Crippen molar-refractivity contribution in [1.29, 1.82) is 0 Å². The van der Waals surface area contributed by atoms with Crippen LogP contribution >= 0.6 is 22.9 Å². The van der Waals surface area contributed by atoms with Crippen molar-refractivity contribution in [2.45, 2.75) is 40.0 Å². The molecule has 0 radical (unpaired) electrons. The van der Waals surface area contributed by atoms with E-state index in [9.17, 15) is 0 Å². The summed E-state index contributed by atoms with van der Waals surface area (Å²) < 4.78 is 0. The van der Waals surface area contributed by atoms with Gasteiger partial charge in [-0.25, -0.2) is 9.97 Å². The van der Waals surface area contributed by atoms with Crippen molar-refractivity contribution in [3.05, 3.63) is 15.7 Å². The minimum atomic E-state index is 0.246. The average Bonchev–Trinajstić information content (AvgIpc) is 2.64. The zero-order valence-corrected chi connectivity index (χ0v) is 13.0. The zero-order valence-electron chi connectivity index (χ0n) is 11.5. The number of nitrogens with zero attached hydrogens (tertiary/aromatic N) is 2. The van der Waals surface area contributed by atoms with Gasteiger partial charge in [0.05, 0.1) is 5.39 Å². The maximum Gasteiger partial charge on any atom is 0.225 e. The first-order chi connectivity index (χ1) is 8.86. The summed E-state index contributed by atoms with van der Waals surface area (Å²) >= 11 is 7.63. The Morgan fingerprint density at radius 1 is 1.32 bits per heavy atom. The van der Waals surface area contributed by atoms with Crippen LogP contribution in [0.5, 0.6) is 0 Å². The van der Waals surface area contributed by atoms with Crippen LogP contribution < -0.4 is 5.73 Å². The Kier molecular flexibility index (Phi) is 2.98. The third-order valence-corrected chi connectivity index (χ3v) is 5.45. The van der Waals surface area contributed by atoms with E-state index in [4.69, 9.17) is 17.3 Å². The highest BCUT2D eigenvalue weighted by Gasteiger charge is 2.31. The molecule has 0 aromatic carbocycles. The van der Waals surface area contributed by atoms with Crippen molar-refractivity contribution in [2.24, 2.45) is 11.3 Å². The molecule has 2 aromatic rings. The van der Waals surface area contributed by atoms with E-state index in [1.165, 1.54) is 16.9 Å². The van der Waals surface area contributed by atoms with Crippen LogP contribution in [0.4, 0.5) is 5.82 Å². The molecule has 2 heterocycles. The molecule has 0 spiro atoms. The SMILES string of the molecule is CC(C)(C)C1CCc2c(sc3nc(Cl)nc(N)c23)C1. The molecule has 1 unspecified atom stereocenters. The van der Waals surface area contributed by atoms with Gasteiger partial charge in [0.1, 0.15) is 10.6 Å². The number of anilines is 1. The Hall–Kier alpha value is -0.870. The molecule has 0 bridgehead atoms. The van der Waals surface area contributed by atoms with Gasteiger partial charge in [-0.15, -0.1) is 11.3 Å². The van der Waals surface area contributed by atoms with E-state index < -0.39 is 0 Å². The van der Waals surface area contributed by atoms with Crippen LogP contribution in [0.3, 0.4) is 0 Å². The summed E-state index contributed by atoms with van der Waals surface area (Å²) in [7, 11) is 0. The molecule has 0 fully saturated rings. The van der Waals surface area contributed by atoms with Gasteiger partial charge in [0, 0.05) is 4.88 Å². The molecule has 0 saturated heterocycles. The van der Waals surface area contributed by atoms with Crippen LogP contribution in [-0.4, -0.2) is 9.97 Å². The maximum atomic E-state index is 6.02. The van der Waals surface area contributed by atoms with Crippen LogP contribution in [0.25, 0.3) is 10.2 Å². The molecule has 2 aromatic heterocycles. The normalized spacial score (nSPS) is 19.7. The summed E-state index contributed by atoms with van der Waals surface area (Å²) in [6, 6.07) is 0. The number of aromatic nitrogens is 2. The van der Waals surface area contributed by atoms with E-state index in [0.29, 0.717) is 11.2 Å². The lowest BCUT2D eigenvalue weighted by molar-refractivity contribution is 0.218. The summed E-state index contributed by atoms with van der Waals surface area (Å²) in [6.45, 7) is 6.96. The molecule has 19 heavy (non-hydrogen) atoms. The lowest BCUT2D eigenvalue weighted by atomic mass is 9.72. The lowest BCUT2D eigenvalue weighted by Gasteiger charge is -2.33. The summed E-state index contributed by atoms with van der Waals surface area (Å²) in [4.78, 5) is 10.8. The number of hydrogen-bond acceptors (Lipinski definition) is 4. The predicted molar refractivity (Wildman–Crippen MR) is 81.8 cm³/mol. The molecule has 2 N–H and O–H groups in total. The first kappa shape index (κ1) is 13.1. The summed E-state index contributed by atoms with van der Waals surface area (Å²) in [5.74, 6) is 1.25. The first-order valence-corrected chi connectivity index (χ1v) is 7.79. The molecule has 0 saturated carbocycles. The predicted octanol–water partition coefficient (Wildman–Crippen LogP) is 4.08. The number of fused-ring (bicyclic) bond motifs is 3. The standard InChI is InChI=1S/C14H18ClN3S/c1-14(2,3)7-4-5-8-9(6-7)19-12-10(8)11(16)17-13(15)18-12/h7H,4-6H2,1-3H3,(H2,16,17,18). The molecular weight excluding hydrogens is 278 g/mol. The highest BCUT2D eigenvalue weighted by atomic mass is 35.5. The molecule has 3 rings (SSSR count). The van der Waals surface area contributed by atoms with Crippen LogP contribution in [0, 0.1) is 11.3 Å². The Bertz CT molecular complexity index is 642. The molecule has 1 aliphatic rings. The quantitative estimate of drug-likeness (QED) is 0.745. The van der Waals surface area contributed by atoms with E-state index >= 15 is 0 Å². The highest BCUT2D eigenvalue weighted by Crippen LogP contribution is 2.44. The monoisotopic (exact) mass is 295 g/mol. The molecule has 1 atom stereocenters. The number of hydrogen-bond donors (Lipinski definition) is 1. The van der Waals surface area contributed by atoms with Crippen LogP contribution in [-0.2, 0) is 12.8 Å². The molecule has 5 heteroatoms. The Morgan fingerprint density at radius 2 is 2.05 bits per heavy atom. The van der Waals surface area contributed by atoms with E-state index in [0.717, 1.165) is 29.0 Å². The minimum Gasteiger partial charge on any atom is -0.383 e. The Morgan fingerprint density at radius 3 is 2.74 bits per heavy atom. The van der Waals surface area contributed by atoms with Crippen molar-refractivity contribution in [1.82, 2.24) is 9.97 Å². The van der Waals surface area contributed by atoms with Crippen LogP contribution in [0.2, 0.25) is 5.28 Å². The summed E-state index contributed by atoms with van der Waals surface area (Å²) in [5.41, 5.74) is 7.72. The van der Waals surface area contributed by atoms with Crippen molar-refractivity contribution in [3.63, 3.8) is 0 Å². The van der Waals surface area contributed by atoms with Gasteiger partial charge in [-0.1, -0.05) is 20.8 Å². The van der Waals surface area contributed by atoms with E-state index in [2.05, 4.69) is 30.7 Å². The molecular formula is C14H18ClN3S. The minimum absolute atomic E-state index is 0.246. The summed E-state index contributed by atoms with van der Waals surface area (Å²) in [6.07, 6.45) is 3.41. The number of aryl methyl sites for hydroxylation is 1. The van der Waals surface area contributed by atoms with E-state index in [1.54, 1.807) is 11.3 Å². The largest absolute Gasteiger partial charge is 0.383 e. The fraction of sp³-hybridized carbons (Fsp3) is 0.571. The van der Waals surface area contributed by atoms with Gasteiger partial charge >= 0.3 is 0 Å². The van der Waals surface area contributed by atoms with Crippen molar-refractivity contribution in [2.75, 3.05) is 5.73 Å². The van der Waals surface area contributed by atoms with E-state index in [-0.39, 0.29) is 5.28 Å². The van der Waals surface area contributed by atoms with Gasteiger partial charge in [-0.05, 0) is 47.8 Å². The second-order valence-electron chi connectivity index (χ2n) is 6.37. The fourth-order valence-corrected chi connectivity index (χ4v) is 4.45. The molecule has 0 aliphatic heterocycles. The molecule has 3 nitrogen and oxygen atoms in total. The number of nitrogens with two attached hydrogens (primary N) is 1. The highest BCUT2D eigenvalue weighted by molar-refractivity contribution is 7.19. The molecule has 102 valence electrons. The van der Waals surface area contributed by atoms with Gasteiger partial charge in [0.2, 0.25) is 5.28 Å².